The number of fused-ring (bicyclic) bond motifs is 3. The molecule has 33 heavy (non-hydrogen) atoms. The van der Waals surface area contributed by atoms with Gasteiger partial charge in [-0.3, -0.25) is 14.5 Å². The average Bonchev–Trinajstić information content (AvgIpc) is 3.03. The first kappa shape index (κ1) is 22.7. The van der Waals surface area contributed by atoms with E-state index in [1.54, 1.807) is 17.0 Å². The molecule has 7 nitrogen and oxygen atoms in total. The molecule has 4 rings (SSSR count). The van der Waals surface area contributed by atoms with Crippen molar-refractivity contribution >= 4 is 46.2 Å². The SMILES string of the molecule is CCCC(=O)Nc1ccc2c(c1)CCC1C(=O)N(c3cnc(C#N)c(C(F)(F)F)c3)C(=S)N21. The van der Waals surface area contributed by atoms with Crippen LogP contribution >= 0.6 is 12.2 Å². The van der Waals surface area contributed by atoms with E-state index in [2.05, 4.69) is 10.3 Å². The standard InChI is InChI=1S/C22H18F3N5O2S/c1-2-3-19(31)28-13-5-7-17-12(8-13)4-6-18-20(32)29(21(33)30(17)18)14-9-15(22(23,24)25)16(10-26)27-11-14/h5,7-9,11,18H,2-4,6H2,1H3,(H,28,31). The molecule has 0 bridgehead atoms. The maximum absolute atomic E-state index is 13.4. The minimum absolute atomic E-state index is 0.0355. The van der Waals surface area contributed by atoms with Gasteiger partial charge in [-0.1, -0.05) is 6.92 Å². The van der Waals surface area contributed by atoms with Crippen LogP contribution in [0.4, 0.5) is 30.2 Å². The van der Waals surface area contributed by atoms with E-state index in [1.807, 2.05) is 13.0 Å². The molecule has 3 heterocycles. The number of halogens is 3. The highest BCUT2D eigenvalue weighted by molar-refractivity contribution is 7.81. The summed E-state index contributed by atoms with van der Waals surface area (Å²) in [4.78, 5) is 31.3. The number of nitriles is 1. The lowest BCUT2D eigenvalue weighted by molar-refractivity contribution is -0.138. The van der Waals surface area contributed by atoms with Gasteiger partial charge in [0.2, 0.25) is 5.91 Å². The summed E-state index contributed by atoms with van der Waals surface area (Å²) in [5.41, 5.74) is 0.0193. The van der Waals surface area contributed by atoms with Crippen LogP contribution in [0.15, 0.2) is 30.5 Å². The molecule has 170 valence electrons. The first-order chi connectivity index (χ1) is 15.7. The molecule has 0 saturated carbocycles. The Labute approximate surface area is 192 Å². The number of thiocarbonyl (C=S) groups is 1. The Bertz CT molecular complexity index is 1210. The molecule has 11 heteroatoms. The molecule has 1 atom stereocenters. The number of amides is 2. The van der Waals surface area contributed by atoms with Crippen molar-refractivity contribution in [3.63, 3.8) is 0 Å². The number of rotatable bonds is 4. The van der Waals surface area contributed by atoms with Crippen LogP contribution in [0.25, 0.3) is 0 Å². The zero-order valence-corrected chi connectivity index (χ0v) is 18.3. The lowest BCUT2D eigenvalue weighted by Crippen LogP contribution is -2.39. The minimum atomic E-state index is -4.81. The van der Waals surface area contributed by atoms with Crippen molar-refractivity contribution in [2.45, 2.75) is 44.8 Å². The van der Waals surface area contributed by atoms with Crippen molar-refractivity contribution in [3.05, 3.63) is 47.3 Å². The quantitative estimate of drug-likeness (QED) is 0.671. The van der Waals surface area contributed by atoms with Gasteiger partial charge in [-0.25, -0.2) is 4.98 Å². The van der Waals surface area contributed by atoms with Crippen molar-refractivity contribution in [1.29, 1.82) is 5.26 Å². The molecule has 2 amide bonds. The minimum Gasteiger partial charge on any atom is -0.326 e. The molecule has 2 aromatic rings. The molecule has 1 unspecified atom stereocenters. The highest BCUT2D eigenvalue weighted by Crippen LogP contribution is 2.40. The normalized spacial score (nSPS) is 17.5. The van der Waals surface area contributed by atoms with E-state index in [0.717, 1.165) is 29.1 Å². The average molecular weight is 473 g/mol. The number of hydrogen-bond acceptors (Lipinski definition) is 5. The number of carbonyl (C=O) groups is 2. The van der Waals surface area contributed by atoms with Crippen LogP contribution in [0, 0.1) is 11.3 Å². The highest BCUT2D eigenvalue weighted by atomic mass is 32.1. The molecule has 1 saturated heterocycles. The summed E-state index contributed by atoms with van der Waals surface area (Å²) in [5, 5.41) is 11.8. The zero-order chi connectivity index (χ0) is 23.9. The van der Waals surface area contributed by atoms with Crippen LogP contribution in [0.1, 0.15) is 43.0 Å². The van der Waals surface area contributed by atoms with Crippen LogP contribution in [-0.2, 0) is 22.2 Å². The number of aromatic nitrogens is 1. The van der Waals surface area contributed by atoms with Crippen LogP contribution < -0.4 is 15.1 Å². The number of alkyl halides is 3. The predicted octanol–water partition coefficient (Wildman–Crippen LogP) is 4.16. The molecular formula is C22H18F3N5O2S. The molecule has 1 aromatic heterocycles. The van der Waals surface area contributed by atoms with E-state index in [0.29, 0.717) is 30.6 Å². The lowest BCUT2D eigenvalue weighted by Gasteiger charge is -2.31. The van der Waals surface area contributed by atoms with Crippen molar-refractivity contribution in [3.8, 4) is 6.07 Å². The number of nitrogens with zero attached hydrogens (tertiary/aromatic N) is 4. The maximum atomic E-state index is 13.4. The van der Waals surface area contributed by atoms with Gasteiger partial charge in [-0.15, -0.1) is 0 Å². The van der Waals surface area contributed by atoms with Gasteiger partial charge < -0.3 is 10.2 Å². The first-order valence-electron chi connectivity index (χ1n) is 10.2. The van der Waals surface area contributed by atoms with Crippen molar-refractivity contribution < 1.29 is 22.8 Å². The Kier molecular flexibility index (Phi) is 5.80. The van der Waals surface area contributed by atoms with Crippen LogP contribution in [0.2, 0.25) is 0 Å². The first-order valence-corrected chi connectivity index (χ1v) is 10.6. The van der Waals surface area contributed by atoms with E-state index in [1.165, 1.54) is 6.07 Å². The molecule has 2 aliphatic rings. The third-order valence-electron chi connectivity index (χ3n) is 5.54. The van der Waals surface area contributed by atoms with E-state index < -0.39 is 29.4 Å². The zero-order valence-electron chi connectivity index (χ0n) is 17.4. The number of nitrogens with one attached hydrogen (secondary N) is 1. The van der Waals surface area contributed by atoms with E-state index in [4.69, 9.17) is 17.5 Å². The Hall–Kier alpha value is -3.52. The molecule has 0 aliphatic carbocycles. The van der Waals surface area contributed by atoms with Crippen LogP contribution in [0.3, 0.4) is 0 Å². The molecule has 1 N–H and O–H groups in total. The van der Waals surface area contributed by atoms with E-state index in [9.17, 15) is 22.8 Å². The summed E-state index contributed by atoms with van der Waals surface area (Å²) in [5.74, 6) is -0.552. The number of aryl methyl sites for hydroxylation is 1. The number of benzene rings is 1. The summed E-state index contributed by atoms with van der Waals surface area (Å²) in [6.45, 7) is 1.91. The highest BCUT2D eigenvalue weighted by Gasteiger charge is 2.47. The second kappa shape index (κ2) is 8.44. The second-order valence-corrected chi connectivity index (χ2v) is 8.09. The molecular weight excluding hydrogens is 455 g/mol. The fourth-order valence-electron chi connectivity index (χ4n) is 4.08. The predicted molar refractivity (Wildman–Crippen MR) is 119 cm³/mol. The van der Waals surface area contributed by atoms with Crippen LogP contribution in [0.5, 0.6) is 0 Å². The lowest BCUT2D eigenvalue weighted by atomic mass is 9.96. The number of pyridine rings is 1. The Morgan fingerprint density at radius 2 is 2.12 bits per heavy atom. The van der Waals surface area contributed by atoms with Gasteiger partial charge in [0, 0.05) is 17.8 Å². The van der Waals surface area contributed by atoms with Gasteiger partial charge in [-0.2, -0.15) is 18.4 Å². The fraction of sp³-hybridized carbons (Fsp3) is 0.318. The summed E-state index contributed by atoms with van der Waals surface area (Å²) >= 11 is 5.50. The van der Waals surface area contributed by atoms with Gasteiger partial charge >= 0.3 is 6.18 Å². The summed E-state index contributed by atoms with van der Waals surface area (Å²) in [7, 11) is 0. The Balaban J connectivity index is 1.68. The fourth-order valence-corrected chi connectivity index (χ4v) is 4.50. The summed E-state index contributed by atoms with van der Waals surface area (Å²) in [6, 6.07) is 6.75. The van der Waals surface area contributed by atoms with Gasteiger partial charge in [0.05, 0.1) is 17.4 Å². The summed E-state index contributed by atoms with van der Waals surface area (Å²) < 4.78 is 40.2. The number of hydrogen-bond donors (Lipinski definition) is 1. The van der Waals surface area contributed by atoms with Gasteiger partial charge in [0.1, 0.15) is 12.1 Å². The third-order valence-corrected chi connectivity index (χ3v) is 5.92. The third kappa shape index (κ3) is 4.02. The van der Waals surface area contributed by atoms with Crippen LogP contribution in [-0.4, -0.2) is 28.0 Å². The number of anilines is 3. The smallest absolute Gasteiger partial charge is 0.326 e. The van der Waals surface area contributed by atoms with E-state index in [-0.39, 0.29) is 16.7 Å². The molecule has 1 fully saturated rings. The Morgan fingerprint density at radius 1 is 1.36 bits per heavy atom. The van der Waals surface area contributed by atoms with E-state index >= 15 is 0 Å². The van der Waals surface area contributed by atoms with Crippen molar-refractivity contribution in [2.75, 3.05) is 15.1 Å². The molecule has 0 spiro atoms. The maximum Gasteiger partial charge on any atom is 0.419 e. The largest absolute Gasteiger partial charge is 0.419 e. The van der Waals surface area contributed by atoms with Gasteiger partial charge in [-0.05, 0) is 61.3 Å². The van der Waals surface area contributed by atoms with Crippen molar-refractivity contribution in [2.24, 2.45) is 0 Å². The van der Waals surface area contributed by atoms with Gasteiger partial charge in [0.15, 0.2) is 10.8 Å². The monoisotopic (exact) mass is 473 g/mol. The van der Waals surface area contributed by atoms with Gasteiger partial charge in [0.25, 0.3) is 5.91 Å². The second-order valence-electron chi connectivity index (χ2n) is 7.72. The Morgan fingerprint density at radius 3 is 2.79 bits per heavy atom. The molecule has 2 aliphatic heterocycles. The topological polar surface area (TPSA) is 89.3 Å². The summed E-state index contributed by atoms with van der Waals surface area (Å²) in [6.07, 6.45) is -1.70. The molecule has 0 radical (unpaired) electrons. The number of carbonyl (C=O) groups excluding carboxylic acids is 2. The van der Waals surface area contributed by atoms with Crippen molar-refractivity contribution in [1.82, 2.24) is 4.98 Å². The molecule has 1 aromatic carbocycles.